The van der Waals surface area contributed by atoms with Crippen molar-refractivity contribution in [1.29, 1.82) is 0 Å². The van der Waals surface area contributed by atoms with Gasteiger partial charge in [0, 0.05) is 5.92 Å². The zero-order chi connectivity index (χ0) is 14.1. The molecule has 7 heteroatoms. The van der Waals surface area contributed by atoms with Crippen LogP contribution < -0.4 is 5.32 Å². The number of hydrogen-bond donors (Lipinski definition) is 2. The van der Waals surface area contributed by atoms with Crippen LogP contribution in [-0.2, 0) is 9.59 Å². The second-order valence-electron chi connectivity index (χ2n) is 5.54. The van der Waals surface area contributed by atoms with Crippen molar-refractivity contribution >= 4 is 28.3 Å². The summed E-state index contributed by atoms with van der Waals surface area (Å²) in [6.07, 6.45) is 5.29. The first-order valence-corrected chi connectivity index (χ1v) is 7.84. The molecule has 0 bridgehead atoms. The highest BCUT2D eigenvalue weighted by Crippen LogP contribution is 2.42. The summed E-state index contributed by atoms with van der Waals surface area (Å²) >= 11 is 1.40. The van der Waals surface area contributed by atoms with Gasteiger partial charge < -0.3 is 10.4 Å². The summed E-state index contributed by atoms with van der Waals surface area (Å²) in [6, 6.07) is 0. The van der Waals surface area contributed by atoms with E-state index in [0.717, 1.165) is 30.7 Å². The molecule has 1 aromatic heterocycles. The topological polar surface area (TPSA) is 92.2 Å². The predicted octanol–water partition coefficient (Wildman–Crippen LogP) is 2.25. The fourth-order valence-electron chi connectivity index (χ4n) is 2.72. The van der Waals surface area contributed by atoms with Crippen LogP contribution in [0.5, 0.6) is 0 Å². The molecule has 0 unspecified atom stereocenters. The zero-order valence-electron chi connectivity index (χ0n) is 11.0. The number of aromatic nitrogens is 2. The molecule has 0 saturated heterocycles. The van der Waals surface area contributed by atoms with Gasteiger partial charge in [-0.3, -0.25) is 9.59 Å². The van der Waals surface area contributed by atoms with Gasteiger partial charge in [-0.25, -0.2) is 0 Å². The first-order valence-electron chi connectivity index (χ1n) is 7.02. The van der Waals surface area contributed by atoms with E-state index < -0.39 is 17.8 Å². The Morgan fingerprint density at radius 2 is 1.80 bits per heavy atom. The van der Waals surface area contributed by atoms with E-state index in [9.17, 15) is 14.7 Å². The Hall–Kier alpha value is -1.50. The number of anilines is 1. The van der Waals surface area contributed by atoms with Crippen LogP contribution in [0.2, 0.25) is 0 Å². The van der Waals surface area contributed by atoms with Crippen LogP contribution in [-0.4, -0.2) is 27.2 Å². The van der Waals surface area contributed by atoms with E-state index in [4.69, 9.17) is 0 Å². The lowest BCUT2D eigenvalue weighted by Gasteiger charge is -2.26. The van der Waals surface area contributed by atoms with E-state index in [1.807, 2.05) is 0 Å². The van der Waals surface area contributed by atoms with Gasteiger partial charge in [-0.15, -0.1) is 10.2 Å². The minimum absolute atomic E-state index is 0.226. The van der Waals surface area contributed by atoms with Crippen LogP contribution in [0.25, 0.3) is 0 Å². The second kappa shape index (κ2) is 5.47. The molecule has 2 aliphatic rings. The molecule has 1 aromatic rings. The fourth-order valence-corrected chi connectivity index (χ4v) is 3.63. The average Bonchev–Trinajstić information content (AvgIpc) is 3.19. The first-order chi connectivity index (χ1) is 9.65. The fraction of sp³-hybridized carbons (Fsp3) is 0.692. The van der Waals surface area contributed by atoms with Crippen molar-refractivity contribution < 1.29 is 14.7 Å². The number of carbonyl (C=O) groups is 2. The molecule has 2 atom stereocenters. The Balaban J connectivity index is 1.65. The van der Waals surface area contributed by atoms with Crippen molar-refractivity contribution in [3.05, 3.63) is 5.01 Å². The second-order valence-corrected chi connectivity index (χ2v) is 6.55. The highest BCUT2D eigenvalue weighted by molar-refractivity contribution is 7.15. The normalized spacial score (nSPS) is 26.2. The Bertz CT molecular complexity index is 527. The van der Waals surface area contributed by atoms with Crippen molar-refractivity contribution in [3.8, 4) is 0 Å². The first kappa shape index (κ1) is 13.5. The van der Waals surface area contributed by atoms with Gasteiger partial charge in [0.15, 0.2) is 0 Å². The van der Waals surface area contributed by atoms with E-state index >= 15 is 0 Å². The van der Waals surface area contributed by atoms with Crippen molar-refractivity contribution in [2.75, 3.05) is 5.32 Å². The van der Waals surface area contributed by atoms with Gasteiger partial charge in [-0.05, 0) is 25.7 Å². The molecular formula is C13H17N3O3S. The summed E-state index contributed by atoms with van der Waals surface area (Å²) in [5.41, 5.74) is 0. The van der Waals surface area contributed by atoms with Gasteiger partial charge in [0.25, 0.3) is 0 Å². The number of nitrogens with zero attached hydrogens (tertiary/aromatic N) is 2. The van der Waals surface area contributed by atoms with Crippen LogP contribution in [0, 0.1) is 11.8 Å². The molecule has 0 aliphatic heterocycles. The monoisotopic (exact) mass is 295 g/mol. The van der Waals surface area contributed by atoms with Crippen molar-refractivity contribution in [1.82, 2.24) is 10.2 Å². The molecule has 3 rings (SSSR count). The summed E-state index contributed by atoms with van der Waals surface area (Å²) in [5.74, 6) is -1.61. The Kier molecular flexibility index (Phi) is 3.69. The van der Waals surface area contributed by atoms with Crippen molar-refractivity contribution in [3.63, 3.8) is 0 Å². The molecule has 0 radical (unpaired) electrons. The number of carboxylic acids is 1. The number of nitrogens with one attached hydrogen (secondary N) is 1. The smallest absolute Gasteiger partial charge is 0.307 e. The maximum absolute atomic E-state index is 12.2. The highest BCUT2D eigenvalue weighted by atomic mass is 32.1. The lowest BCUT2D eigenvalue weighted by Crippen LogP contribution is -2.36. The number of carbonyl (C=O) groups excluding carboxylic acids is 1. The van der Waals surface area contributed by atoms with E-state index in [-0.39, 0.29) is 5.91 Å². The van der Waals surface area contributed by atoms with Gasteiger partial charge in [-0.2, -0.15) is 0 Å². The van der Waals surface area contributed by atoms with Gasteiger partial charge in [-0.1, -0.05) is 24.2 Å². The van der Waals surface area contributed by atoms with Gasteiger partial charge in [0.1, 0.15) is 5.01 Å². The predicted molar refractivity (Wildman–Crippen MR) is 73.6 cm³/mol. The summed E-state index contributed by atoms with van der Waals surface area (Å²) < 4.78 is 0. The minimum Gasteiger partial charge on any atom is -0.481 e. The molecule has 1 amide bonds. The van der Waals surface area contributed by atoms with Gasteiger partial charge in [0.2, 0.25) is 11.0 Å². The lowest BCUT2D eigenvalue weighted by molar-refractivity contribution is -0.147. The summed E-state index contributed by atoms with van der Waals surface area (Å²) in [7, 11) is 0. The van der Waals surface area contributed by atoms with E-state index in [1.54, 1.807) is 0 Å². The quantitative estimate of drug-likeness (QED) is 0.888. The number of carboxylic acid groups (broad SMARTS) is 1. The lowest BCUT2D eigenvalue weighted by atomic mass is 9.79. The minimum atomic E-state index is -0.874. The number of rotatable bonds is 4. The van der Waals surface area contributed by atoms with Crippen LogP contribution in [0.4, 0.5) is 5.13 Å². The molecule has 1 heterocycles. The third-order valence-corrected chi connectivity index (χ3v) is 5.02. The molecule has 2 fully saturated rings. The van der Waals surface area contributed by atoms with Crippen molar-refractivity contribution in [2.45, 2.75) is 44.4 Å². The van der Waals surface area contributed by atoms with E-state index in [2.05, 4.69) is 15.5 Å². The maximum Gasteiger partial charge on any atom is 0.307 e. The summed E-state index contributed by atoms with van der Waals surface area (Å²) in [5, 5.41) is 21.4. The molecule has 0 aromatic carbocycles. The van der Waals surface area contributed by atoms with Gasteiger partial charge >= 0.3 is 5.97 Å². The molecular weight excluding hydrogens is 278 g/mol. The van der Waals surface area contributed by atoms with Crippen LogP contribution in [0.3, 0.4) is 0 Å². The molecule has 6 nitrogen and oxygen atoms in total. The Morgan fingerprint density at radius 3 is 2.45 bits per heavy atom. The zero-order valence-corrected chi connectivity index (χ0v) is 11.9. The standard InChI is InChI=1S/C13H17N3O3S/c17-10(8-3-1-2-4-9(8)12(18)19)14-13-16-15-11(20-13)7-5-6-7/h7-9H,1-6H2,(H,18,19)(H,14,16,17)/t8-,9+/m1/s1. The SMILES string of the molecule is O=C(O)[C@H]1CCCC[C@H]1C(=O)Nc1nnc(C2CC2)s1. The molecule has 0 spiro atoms. The van der Waals surface area contributed by atoms with Crippen LogP contribution >= 0.6 is 11.3 Å². The maximum atomic E-state index is 12.2. The average molecular weight is 295 g/mol. The Labute approximate surface area is 120 Å². The van der Waals surface area contributed by atoms with E-state index in [0.29, 0.717) is 23.9 Å². The number of aliphatic carboxylic acids is 1. The molecule has 2 aliphatic carbocycles. The molecule has 2 saturated carbocycles. The number of amides is 1. The third-order valence-electron chi connectivity index (χ3n) is 4.02. The van der Waals surface area contributed by atoms with Crippen LogP contribution in [0.15, 0.2) is 0 Å². The largest absolute Gasteiger partial charge is 0.481 e. The Morgan fingerprint density at radius 1 is 1.10 bits per heavy atom. The highest BCUT2D eigenvalue weighted by Gasteiger charge is 2.36. The van der Waals surface area contributed by atoms with Crippen LogP contribution in [0.1, 0.15) is 49.5 Å². The summed E-state index contributed by atoms with van der Waals surface area (Å²) in [6.45, 7) is 0. The van der Waals surface area contributed by atoms with Crippen molar-refractivity contribution in [2.24, 2.45) is 11.8 Å². The number of hydrogen-bond acceptors (Lipinski definition) is 5. The molecule has 2 N–H and O–H groups in total. The molecule has 108 valence electrons. The summed E-state index contributed by atoms with van der Waals surface area (Å²) in [4.78, 5) is 23.5. The van der Waals surface area contributed by atoms with Gasteiger partial charge in [0.05, 0.1) is 11.8 Å². The third kappa shape index (κ3) is 2.82. The molecule has 20 heavy (non-hydrogen) atoms. The van der Waals surface area contributed by atoms with E-state index in [1.165, 1.54) is 11.3 Å².